The zero-order chi connectivity index (χ0) is 13.7. The first kappa shape index (κ1) is 11.2. The maximum Gasteiger partial charge on any atom is 0.140 e. The molecule has 0 unspecified atom stereocenters. The molecule has 5 nitrogen and oxygen atoms in total. The molecule has 0 aliphatic rings. The maximum atomic E-state index is 4.70. The summed E-state index contributed by atoms with van der Waals surface area (Å²) in [6, 6.07) is 14.3. The number of nitrogens with zero attached hydrogens (tertiary/aromatic N) is 5. The lowest BCUT2D eigenvalue weighted by Crippen LogP contribution is -1.93. The van der Waals surface area contributed by atoms with Crippen molar-refractivity contribution in [3.05, 3.63) is 42.5 Å². The fourth-order valence-corrected chi connectivity index (χ4v) is 2.58. The smallest absolute Gasteiger partial charge is 0.140 e. The molecule has 0 bridgehead atoms. The molecule has 5 heteroatoms. The van der Waals surface area contributed by atoms with E-state index < -0.39 is 0 Å². The van der Waals surface area contributed by atoms with Crippen LogP contribution in [0, 0.1) is 0 Å². The summed E-state index contributed by atoms with van der Waals surface area (Å²) >= 11 is 0. The molecule has 0 spiro atoms. The van der Waals surface area contributed by atoms with Crippen LogP contribution in [0.2, 0.25) is 0 Å². The zero-order valence-electron chi connectivity index (χ0n) is 11.3. The first-order valence-electron chi connectivity index (χ1n) is 6.45. The third-order valence-corrected chi connectivity index (χ3v) is 3.66. The van der Waals surface area contributed by atoms with Gasteiger partial charge in [-0.25, -0.2) is 9.67 Å². The van der Waals surface area contributed by atoms with Gasteiger partial charge < -0.3 is 4.57 Å². The van der Waals surface area contributed by atoms with Crippen molar-refractivity contribution in [1.82, 2.24) is 24.5 Å². The number of rotatable bonds is 1. The van der Waals surface area contributed by atoms with Crippen LogP contribution < -0.4 is 0 Å². The molecule has 0 atom stereocenters. The van der Waals surface area contributed by atoms with Crippen LogP contribution in [-0.4, -0.2) is 24.5 Å². The number of para-hydroxylation sites is 2. The maximum absolute atomic E-state index is 4.70. The molecule has 2 aromatic carbocycles. The van der Waals surface area contributed by atoms with Crippen molar-refractivity contribution >= 4 is 22.1 Å². The number of benzene rings is 2. The molecule has 0 saturated carbocycles. The minimum absolute atomic E-state index is 0.886. The van der Waals surface area contributed by atoms with Crippen LogP contribution >= 0.6 is 0 Å². The monoisotopic (exact) mass is 263 g/mol. The van der Waals surface area contributed by atoms with Crippen molar-refractivity contribution in [2.75, 3.05) is 0 Å². The van der Waals surface area contributed by atoms with Crippen LogP contribution in [0.4, 0.5) is 0 Å². The van der Waals surface area contributed by atoms with Gasteiger partial charge in [0.25, 0.3) is 0 Å². The van der Waals surface area contributed by atoms with Gasteiger partial charge in [0.2, 0.25) is 0 Å². The molecule has 20 heavy (non-hydrogen) atoms. The lowest BCUT2D eigenvalue weighted by Gasteiger charge is -2.02. The second kappa shape index (κ2) is 3.90. The fraction of sp³-hybridized carbons (Fsp3) is 0.133. The van der Waals surface area contributed by atoms with Crippen LogP contribution in [0.3, 0.4) is 0 Å². The van der Waals surface area contributed by atoms with Gasteiger partial charge in [0.1, 0.15) is 11.3 Å². The molecule has 0 fully saturated rings. The lowest BCUT2D eigenvalue weighted by molar-refractivity contribution is 0.736. The molecular weight excluding hydrogens is 250 g/mol. The van der Waals surface area contributed by atoms with E-state index >= 15 is 0 Å². The molecule has 0 saturated heterocycles. The summed E-state index contributed by atoms with van der Waals surface area (Å²) in [4.78, 5) is 4.70. The topological polar surface area (TPSA) is 48.5 Å². The number of aromatic nitrogens is 5. The van der Waals surface area contributed by atoms with Gasteiger partial charge in [-0.15, -0.1) is 5.10 Å². The Morgan fingerprint density at radius 2 is 1.75 bits per heavy atom. The van der Waals surface area contributed by atoms with Crippen molar-refractivity contribution in [3.63, 3.8) is 0 Å². The minimum atomic E-state index is 0.886. The van der Waals surface area contributed by atoms with E-state index in [9.17, 15) is 0 Å². The van der Waals surface area contributed by atoms with Gasteiger partial charge in [-0.2, -0.15) is 0 Å². The van der Waals surface area contributed by atoms with Gasteiger partial charge >= 0.3 is 0 Å². The molecule has 0 aliphatic carbocycles. The van der Waals surface area contributed by atoms with Gasteiger partial charge in [-0.1, -0.05) is 17.3 Å². The summed E-state index contributed by atoms with van der Waals surface area (Å²) in [6.45, 7) is 0. The van der Waals surface area contributed by atoms with Crippen LogP contribution in [0.25, 0.3) is 33.5 Å². The fourth-order valence-electron chi connectivity index (χ4n) is 2.58. The summed E-state index contributed by atoms with van der Waals surface area (Å²) < 4.78 is 3.88. The molecule has 98 valence electrons. The van der Waals surface area contributed by atoms with Gasteiger partial charge in [-0.3, -0.25) is 0 Å². The van der Waals surface area contributed by atoms with Gasteiger partial charge in [0, 0.05) is 19.7 Å². The Labute approximate surface area is 115 Å². The molecule has 0 radical (unpaired) electrons. The molecule has 0 aliphatic heterocycles. The second-order valence-electron chi connectivity index (χ2n) is 4.90. The van der Waals surface area contributed by atoms with E-state index in [-0.39, 0.29) is 0 Å². The summed E-state index contributed by atoms with van der Waals surface area (Å²) in [6.07, 6.45) is 0. The predicted octanol–water partition coefficient (Wildman–Crippen LogP) is 2.52. The van der Waals surface area contributed by atoms with Crippen LogP contribution in [0.1, 0.15) is 0 Å². The van der Waals surface area contributed by atoms with E-state index in [1.807, 2.05) is 44.4 Å². The number of hydrogen-bond acceptors (Lipinski definition) is 3. The van der Waals surface area contributed by atoms with E-state index in [1.165, 1.54) is 0 Å². The number of fused-ring (bicyclic) bond motifs is 2. The molecule has 4 rings (SSSR count). The van der Waals surface area contributed by atoms with Gasteiger partial charge in [-0.05, 0) is 30.3 Å². The van der Waals surface area contributed by atoms with E-state index in [0.29, 0.717) is 0 Å². The van der Waals surface area contributed by atoms with Gasteiger partial charge in [0.05, 0.1) is 16.6 Å². The Hall–Kier alpha value is -2.69. The average Bonchev–Trinajstić information content (AvgIpc) is 3.01. The Morgan fingerprint density at radius 3 is 2.60 bits per heavy atom. The van der Waals surface area contributed by atoms with Crippen molar-refractivity contribution in [3.8, 4) is 11.4 Å². The van der Waals surface area contributed by atoms with E-state index in [0.717, 1.165) is 33.5 Å². The van der Waals surface area contributed by atoms with E-state index in [4.69, 9.17) is 4.98 Å². The Bertz CT molecular complexity index is 932. The Morgan fingerprint density at radius 1 is 0.900 bits per heavy atom. The van der Waals surface area contributed by atoms with Crippen molar-refractivity contribution in [2.24, 2.45) is 14.1 Å². The predicted molar refractivity (Wildman–Crippen MR) is 78.2 cm³/mol. The van der Waals surface area contributed by atoms with Crippen molar-refractivity contribution in [2.45, 2.75) is 0 Å². The Balaban J connectivity index is 1.98. The summed E-state index contributed by atoms with van der Waals surface area (Å²) in [5, 5.41) is 8.20. The molecule has 4 aromatic rings. The molecule has 2 heterocycles. The van der Waals surface area contributed by atoms with E-state index in [1.54, 1.807) is 4.68 Å². The number of aryl methyl sites for hydroxylation is 2. The largest absolute Gasteiger partial charge is 0.327 e. The first-order valence-corrected chi connectivity index (χ1v) is 6.45. The zero-order valence-corrected chi connectivity index (χ0v) is 11.3. The normalized spacial score (nSPS) is 11.5. The van der Waals surface area contributed by atoms with Crippen LogP contribution in [0.5, 0.6) is 0 Å². The summed E-state index contributed by atoms with van der Waals surface area (Å²) in [5.74, 6) is 0.943. The van der Waals surface area contributed by atoms with Crippen LogP contribution in [-0.2, 0) is 14.1 Å². The molecule has 0 amide bonds. The highest BCUT2D eigenvalue weighted by Gasteiger charge is 2.11. The number of hydrogen-bond donors (Lipinski definition) is 0. The standard InChI is InChI=1S/C15H13N5/c1-19-13-6-4-3-5-11(13)16-15(19)10-7-8-14-12(9-10)17-18-20(14)2/h3-9H,1-2H3. The minimum Gasteiger partial charge on any atom is -0.327 e. The third-order valence-electron chi connectivity index (χ3n) is 3.66. The average molecular weight is 263 g/mol. The van der Waals surface area contributed by atoms with E-state index in [2.05, 4.69) is 27.0 Å². The van der Waals surface area contributed by atoms with Crippen LogP contribution in [0.15, 0.2) is 42.5 Å². The quantitative estimate of drug-likeness (QED) is 0.530. The number of imidazole rings is 1. The Kier molecular flexibility index (Phi) is 2.18. The SMILES string of the molecule is Cn1nnc2cc(-c3nc4ccccc4n3C)ccc21. The lowest BCUT2D eigenvalue weighted by atomic mass is 10.2. The summed E-state index contributed by atoms with van der Waals surface area (Å²) in [5.41, 5.74) is 5.09. The van der Waals surface area contributed by atoms with Gasteiger partial charge in [0.15, 0.2) is 0 Å². The van der Waals surface area contributed by atoms with Crippen molar-refractivity contribution in [1.29, 1.82) is 0 Å². The second-order valence-corrected chi connectivity index (χ2v) is 4.90. The highest BCUT2D eigenvalue weighted by atomic mass is 15.4. The third kappa shape index (κ3) is 1.46. The summed E-state index contributed by atoms with van der Waals surface area (Å²) in [7, 11) is 3.93. The molecule has 2 aromatic heterocycles. The first-order chi connectivity index (χ1) is 9.74. The van der Waals surface area contributed by atoms with Crippen molar-refractivity contribution < 1.29 is 0 Å². The molecular formula is C15H13N5. The highest BCUT2D eigenvalue weighted by Crippen LogP contribution is 2.25. The molecule has 0 N–H and O–H groups in total. The highest BCUT2D eigenvalue weighted by molar-refractivity contribution is 5.84.